The molecule has 0 N–H and O–H groups in total. The molecular weight excluding hydrogens is 492 g/mol. The zero-order valence-electron chi connectivity index (χ0n) is 21.9. The van der Waals surface area contributed by atoms with Crippen LogP contribution < -0.4 is 0 Å². The molecule has 0 amide bonds. The molecule has 0 atom stereocenters. The number of hydrogen-bond donors (Lipinski definition) is 0. The second kappa shape index (κ2) is 9.21. The molecule has 0 saturated heterocycles. The first-order valence-electron chi connectivity index (χ1n) is 13.4. The number of nitrogens with zero attached hydrogens (tertiary/aromatic N) is 2. The van der Waals surface area contributed by atoms with Crippen molar-refractivity contribution >= 4 is 33.6 Å². The van der Waals surface area contributed by atoms with Crippen molar-refractivity contribution in [2.24, 2.45) is 0 Å². The van der Waals surface area contributed by atoms with Crippen LogP contribution in [0.4, 0.5) is 0 Å². The summed E-state index contributed by atoms with van der Waals surface area (Å²) in [7, 11) is 0. The summed E-state index contributed by atoms with van der Waals surface area (Å²) >= 11 is 0. The molecule has 2 aliphatic heterocycles. The smallest absolute Gasteiger partial charge is 0.263 e. The van der Waals surface area contributed by atoms with E-state index in [1.165, 1.54) is 11.1 Å². The van der Waals surface area contributed by atoms with Crippen LogP contribution in [0.15, 0.2) is 122 Å². The fraction of sp³-hybridized carbons (Fsp3) is 0.0556. The van der Waals surface area contributed by atoms with Gasteiger partial charge in [0.25, 0.3) is 11.8 Å². The highest BCUT2D eigenvalue weighted by Crippen LogP contribution is 2.42. The Hall–Kier alpha value is -5.22. The van der Waals surface area contributed by atoms with Crippen molar-refractivity contribution in [1.82, 2.24) is 9.13 Å². The molecule has 192 valence electrons. The summed E-state index contributed by atoms with van der Waals surface area (Å²) in [6.07, 6.45) is 5.33. The molecule has 0 saturated carbocycles. The molecule has 8 rings (SSSR count). The Balaban J connectivity index is 0.000000132. The minimum atomic E-state index is 0.0714. The number of carbonyl (C=O) groups excluding carboxylic acids is 2. The lowest BCUT2D eigenvalue weighted by atomic mass is 10.0. The van der Waals surface area contributed by atoms with Crippen molar-refractivity contribution in [3.63, 3.8) is 0 Å². The largest absolute Gasteiger partial charge is 0.275 e. The first-order valence-corrected chi connectivity index (χ1v) is 13.4. The lowest BCUT2D eigenvalue weighted by molar-refractivity contribution is 0.0965. The lowest BCUT2D eigenvalue weighted by Crippen LogP contribution is -2.05. The number of para-hydroxylation sites is 2. The Morgan fingerprint density at radius 3 is 1.25 bits per heavy atom. The SMILES string of the molecule is C=CCc1c2n(c3ccccc13)C(=O)c1ccccc1-2.C=CCc1c2n(c3ccccc13)C(=O)c1ccccc1-2. The number of aromatic nitrogens is 2. The van der Waals surface area contributed by atoms with Gasteiger partial charge >= 0.3 is 0 Å². The minimum Gasteiger partial charge on any atom is -0.275 e. The topological polar surface area (TPSA) is 44.0 Å². The van der Waals surface area contributed by atoms with Gasteiger partial charge in [-0.25, -0.2) is 0 Å². The predicted molar refractivity (Wildman–Crippen MR) is 162 cm³/mol. The normalized spacial score (nSPS) is 12.5. The lowest BCUT2D eigenvalue weighted by Gasteiger charge is -2.01. The number of hydrogen-bond acceptors (Lipinski definition) is 2. The van der Waals surface area contributed by atoms with E-state index in [2.05, 4.69) is 25.3 Å². The summed E-state index contributed by atoms with van der Waals surface area (Å²) in [5.41, 5.74) is 10.1. The third kappa shape index (κ3) is 3.26. The van der Waals surface area contributed by atoms with Gasteiger partial charge in [0.15, 0.2) is 0 Å². The van der Waals surface area contributed by atoms with E-state index in [4.69, 9.17) is 0 Å². The van der Waals surface area contributed by atoms with Crippen LogP contribution in [0, 0.1) is 0 Å². The van der Waals surface area contributed by atoms with E-state index in [1.807, 2.05) is 106 Å². The van der Waals surface area contributed by atoms with Crippen molar-refractivity contribution in [3.05, 3.63) is 145 Å². The van der Waals surface area contributed by atoms with Crippen LogP contribution in [0.3, 0.4) is 0 Å². The molecule has 0 radical (unpaired) electrons. The molecule has 2 aliphatic rings. The van der Waals surface area contributed by atoms with Crippen molar-refractivity contribution in [3.8, 4) is 22.5 Å². The third-order valence-corrected chi connectivity index (χ3v) is 7.89. The predicted octanol–water partition coefficient (Wildman–Crippen LogP) is 8.08. The molecule has 4 aromatic carbocycles. The molecule has 0 bridgehead atoms. The van der Waals surface area contributed by atoms with E-state index in [9.17, 15) is 9.59 Å². The molecule has 0 spiro atoms. The van der Waals surface area contributed by atoms with Crippen LogP contribution in [0.5, 0.6) is 0 Å². The Morgan fingerprint density at radius 1 is 0.500 bits per heavy atom. The average Bonchev–Trinajstić information content (AvgIpc) is 3.68. The van der Waals surface area contributed by atoms with Gasteiger partial charge in [-0.3, -0.25) is 18.7 Å². The summed E-state index contributed by atoms with van der Waals surface area (Å²) in [5.74, 6) is 0.143. The second-order valence-electron chi connectivity index (χ2n) is 10.0. The standard InChI is InChI=1S/2C18H13NO/c2*1-2-7-13-12-8-5-6-11-16(12)19-17(13)14-9-3-4-10-15(14)18(19)20/h2*2-6,8-11H,1,7H2. The zero-order valence-corrected chi connectivity index (χ0v) is 21.9. The van der Waals surface area contributed by atoms with E-state index in [0.29, 0.717) is 0 Å². The zero-order chi connectivity index (χ0) is 27.4. The number of carbonyl (C=O) groups is 2. The third-order valence-electron chi connectivity index (χ3n) is 7.89. The highest BCUT2D eigenvalue weighted by molar-refractivity contribution is 6.17. The average molecular weight is 519 g/mol. The van der Waals surface area contributed by atoms with E-state index >= 15 is 0 Å². The van der Waals surface area contributed by atoms with Crippen LogP contribution in [0.25, 0.3) is 44.3 Å². The van der Waals surface area contributed by atoms with Gasteiger partial charge in [-0.1, -0.05) is 84.9 Å². The summed E-state index contributed by atoms with van der Waals surface area (Å²) in [5, 5.41) is 2.29. The van der Waals surface area contributed by atoms with Gasteiger partial charge in [-0.05, 0) is 48.2 Å². The van der Waals surface area contributed by atoms with Crippen LogP contribution in [-0.2, 0) is 12.8 Å². The highest BCUT2D eigenvalue weighted by Gasteiger charge is 2.32. The second-order valence-corrected chi connectivity index (χ2v) is 10.0. The summed E-state index contributed by atoms with van der Waals surface area (Å²) in [6, 6.07) is 31.8. The Bertz CT molecular complexity index is 1890. The molecule has 0 aliphatic carbocycles. The van der Waals surface area contributed by atoms with Gasteiger partial charge in [0.2, 0.25) is 0 Å². The molecule has 4 nitrogen and oxygen atoms in total. The first-order chi connectivity index (χ1) is 19.7. The molecular formula is C36H26N2O2. The van der Waals surface area contributed by atoms with Crippen LogP contribution in [-0.4, -0.2) is 20.9 Å². The van der Waals surface area contributed by atoms with E-state index < -0.39 is 0 Å². The van der Waals surface area contributed by atoms with Crippen molar-refractivity contribution in [1.29, 1.82) is 0 Å². The van der Waals surface area contributed by atoms with Gasteiger partial charge in [0.1, 0.15) is 0 Å². The maximum absolute atomic E-state index is 12.7. The molecule has 4 heterocycles. The summed E-state index contributed by atoms with van der Waals surface area (Å²) < 4.78 is 3.69. The highest BCUT2D eigenvalue weighted by atomic mass is 16.2. The van der Waals surface area contributed by atoms with E-state index in [-0.39, 0.29) is 11.8 Å². The Morgan fingerprint density at radius 2 is 0.850 bits per heavy atom. The van der Waals surface area contributed by atoms with Gasteiger partial charge in [-0.2, -0.15) is 0 Å². The molecule has 0 fully saturated rings. The van der Waals surface area contributed by atoms with E-state index in [0.717, 1.165) is 68.3 Å². The Kier molecular flexibility index (Phi) is 5.49. The van der Waals surface area contributed by atoms with Gasteiger partial charge in [0, 0.05) is 33.0 Å². The number of allylic oxidation sites excluding steroid dienone is 2. The maximum atomic E-state index is 12.7. The minimum absolute atomic E-state index is 0.0714. The van der Waals surface area contributed by atoms with E-state index in [1.54, 1.807) is 0 Å². The fourth-order valence-electron chi connectivity index (χ4n) is 6.30. The number of rotatable bonds is 4. The van der Waals surface area contributed by atoms with Crippen molar-refractivity contribution in [2.75, 3.05) is 0 Å². The van der Waals surface area contributed by atoms with Crippen LogP contribution >= 0.6 is 0 Å². The Labute approximate surface area is 232 Å². The summed E-state index contributed by atoms with van der Waals surface area (Å²) in [4.78, 5) is 25.3. The van der Waals surface area contributed by atoms with Crippen LogP contribution in [0.2, 0.25) is 0 Å². The monoisotopic (exact) mass is 518 g/mol. The summed E-state index contributed by atoms with van der Waals surface area (Å²) in [6.45, 7) is 7.70. The number of fused-ring (bicyclic) bond motifs is 10. The number of benzene rings is 4. The molecule has 6 aromatic rings. The van der Waals surface area contributed by atoms with Crippen LogP contribution in [0.1, 0.15) is 31.8 Å². The molecule has 40 heavy (non-hydrogen) atoms. The van der Waals surface area contributed by atoms with Gasteiger partial charge in [-0.15, -0.1) is 13.2 Å². The van der Waals surface area contributed by atoms with Crippen molar-refractivity contribution in [2.45, 2.75) is 12.8 Å². The maximum Gasteiger partial charge on any atom is 0.263 e. The quantitative estimate of drug-likeness (QED) is 0.221. The molecule has 2 aromatic heterocycles. The van der Waals surface area contributed by atoms with Gasteiger partial charge in [0.05, 0.1) is 22.4 Å². The molecule has 0 unspecified atom stereocenters. The first kappa shape index (κ1) is 23.9. The molecule has 4 heteroatoms. The van der Waals surface area contributed by atoms with Crippen molar-refractivity contribution < 1.29 is 9.59 Å². The fourth-order valence-corrected chi connectivity index (χ4v) is 6.30. The van der Waals surface area contributed by atoms with Gasteiger partial charge < -0.3 is 0 Å².